The summed E-state index contributed by atoms with van der Waals surface area (Å²) in [5.74, 6) is 0. The molecule has 0 amide bonds. The highest BCUT2D eigenvalue weighted by molar-refractivity contribution is 7.13. The average Bonchev–Trinajstić information content (AvgIpc) is 3.10. The lowest BCUT2D eigenvalue weighted by Gasteiger charge is -2.14. The Bertz CT molecular complexity index is 489. The van der Waals surface area contributed by atoms with Crippen LogP contribution >= 0.6 is 11.3 Å². The Kier molecular flexibility index (Phi) is 3.62. The zero-order valence-electron chi connectivity index (χ0n) is 10.3. The van der Waals surface area contributed by atoms with Crippen LogP contribution in [0.1, 0.15) is 12.8 Å². The van der Waals surface area contributed by atoms with Crippen molar-refractivity contribution in [2.24, 2.45) is 0 Å². The SMILES string of the molecule is c1csc(-c2ccccc2NCC2CCCO2)c1. The van der Waals surface area contributed by atoms with E-state index in [4.69, 9.17) is 4.74 Å². The highest BCUT2D eigenvalue weighted by Crippen LogP contribution is 2.31. The molecule has 1 aromatic heterocycles. The number of thiophene rings is 1. The van der Waals surface area contributed by atoms with Gasteiger partial charge in [0.15, 0.2) is 0 Å². The molecular weight excluding hydrogens is 242 g/mol. The highest BCUT2D eigenvalue weighted by Gasteiger charge is 2.15. The normalized spacial score (nSPS) is 19.0. The Balaban J connectivity index is 1.75. The Morgan fingerprint density at radius 2 is 2.17 bits per heavy atom. The number of hydrogen-bond donors (Lipinski definition) is 1. The Morgan fingerprint density at radius 3 is 2.94 bits per heavy atom. The van der Waals surface area contributed by atoms with Gasteiger partial charge in [-0.25, -0.2) is 0 Å². The van der Waals surface area contributed by atoms with E-state index in [9.17, 15) is 0 Å². The van der Waals surface area contributed by atoms with Crippen LogP contribution in [0.4, 0.5) is 5.69 Å². The van der Waals surface area contributed by atoms with Gasteiger partial charge in [0.05, 0.1) is 6.10 Å². The summed E-state index contributed by atoms with van der Waals surface area (Å²) in [7, 11) is 0. The molecule has 2 heterocycles. The van der Waals surface area contributed by atoms with Crippen LogP contribution in [0.5, 0.6) is 0 Å². The summed E-state index contributed by atoms with van der Waals surface area (Å²) in [6.45, 7) is 1.82. The monoisotopic (exact) mass is 259 g/mol. The van der Waals surface area contributed by atoms with E-state index in [-0.39, 0.29) is 0 Å². The average molecular weight is 259 g/mol. The van der Waals surface area contributed by atoms with E-state index < -0.39 is 0 Å². The second-order valence-electron chi connectivity index (χ2n) is 4.54. The largest absolute Gasteiger partial charge is 0.382 e. The van der Waals surface area contributed by atoms with E-state index in [0.717, 1.165) is 13.2 Å². The Hall–Kier alpha value is -1.32. The Morgan fingerprint density at radius 1 is 1.22 bits per heavy atom. The van der Waals surface area contributed by atoms with Crippen LogP contribution in [0, 0.1) is 0 Å². The van der Waals surface area contributed by atoms with Gasteiger partial charge in [0.1, 0.15) is 0 Å². The summed E-state index contributed by atoms with van der Waals surface area (Å²) in [5.41, 5.74) is 2.49. The van der Waals surface area contributed by atoms with Crippen molar-refractivity contribution in [3.8, 4) is 10.4 Å². The predicted octanol–water partition coefficient (Wildman–Crippen LogP) is 4.01. The number of benzene rings is 1. The molecule has 1 fully saturated rings. The van der Waals surface area contributed by atoms with Gasteiger partial charge in [0.25, 0.3) is 0 Å². The lowest BCUT2D eigenvalue weighted by molar-refractivity contribution is 0.120. The third kappa shape index (κ3) is 2.57. The standard InChI is InChI=1S/C15H17NOS/c1-2-7-14(16-11-12-5-3-9-17-12)13(6-1)15-8-4-10-18-15/h1-2,4,6-8,10,12,16H,3,5,9,11H2. The fourth-order valence-electron chi connectivity index (χ4n) is 2.31. The molecule has 0 spiro atoms. The van der Waals surface area contributed by atoms with Gasteiger partial charge in [-0.05, 0) is 30.4 Å². The zero-order valence-corrected chi connectivity index (χ0v) is 11.1. The van der Waals surface area contributed by atoms with Crippen LogP contribution in [0.2, 0.25) is 0 Å². The first-order valence-corrected chi connectivity index (χ1v) is 7.30. The fraction of sp³-hybridized carbons (Fsp3) is 0.333. The third-order valence-electron chi connectivity index (χ3n) is 3.26. The first-order chi connectivity index (χ1) is 8.93. The molecule has 1 unspecified atom stereocenters. The van der Waals surface area contributed by atoms with Gasteiger partial charge < -0.3 is 10.1 Å². The van der Waals surface area contributed by atoms with E-state index in [1.807, 2.05) is 0 Å². The van der Waals surface area contributed by atoms with Crippen LogP contribution in [-0.4, -0.2) is 19.3 Å². The minimum Gasteiger partial charge on any atom is -0.382 e. The van der Waals surface area contributed by atoms with Crippen LogP contribution in [0.15, 0.2) is 41.8 Å². The smallest absolute Gasteiger partial charge is 0.0748 e. The molecule has 1 saturated heterocycles. The van der Waals surface area contributed by atoms with Crippen molar-refractivity contribution in [3.63, 3.8) is 0 Å². The van der Waals surface area contributed by atoms with Crippen molar-refractivity contribution in [2.45, 2.75) is 18.9 Å². The molecule has 1 aromatic carbocycles. The molecule has 1 aliphatic rings. The van der Waals surface area contributed by atoms with Gasteiger partial charge in [-0.3, -0.25) is 0 Å². The minimum absolute atomic E-state index is 0.376. The van der Waals surface area contributed by atoms with Crippen molar-refractivity contribution < 1.29 is 4.74 Å². The summed E-state index contributed by atoms with van der Waals surface area (Å²) in [6, 6.07) is 12.7. The quantitative estimate of drug-likeness (QED) is 0.896. The summed E-state index contributed by atoms with van der Waals surface area (Å²) >= 11 is 1.78. The molecule has 2 nitrogen and oxygen atoms in total. The van der Waals surface area contributed by atoms with E-state index in [1.165, 1.54) is 29.0 Å². The van der Waals surface area contributed by atoms with Crippen LogP contribution in [0.25, 0.3) is 10.4 Å². The molecule has 2 aromatic rings. The number of rotatable bonds is 4. The molecular formula is C15H17NOS. The van der Waals surface area contributed by atoms with Gasteiger partial charge >= 0.3 is 0 Å². The van der Waals surface area contributed by atoms with Crippen molar-refractivity contribution in [1.29, 1.82) is 0 Å². The number of ether oxygens (including phenoxy) is 1. The molecule has 1 atom stereocenters. The van der Waals surface area contributed by atoms with Gasteiger partial charge in [-0.2, -0.15) is 0 Å². The topological polar surface area (TPSA) is 21.3 Å². The summed E-state index contributed by atoms with van der Waals surface area (Å²) < 4.78 is 5.65. The van der Waals surface area contributed by atoms with Crippen molar-refractivity contribution >= 4 is 17.0 Å². The summed E-state index contributed by atoms with van der Waals surface area (Å²) in [5, 5.41) is 5.64. The van der Waals surface area contributed by atoms with E-state index in [0.29, 0.717) is 6.10 Å². The summed E-state index contributed by atoms with van der Waals surface area (Å²) in [6.07, 6.45) is 2.74. The lowest BCUT2D eigenvalue weighted by Crippen LogP contribution is -2.18. The molecule has 0 radical (unpaired) electrons. The highest BCUT2D eigenvalue weighted by atomic mass is 32.1. The molecule has 1 aliphatic heterocycles. The van der Waals surface area contributed by atoms with Crippen LogP contribution in [-0.2, 0) is 4.74 Å². The first-order valence-electron chi connectivity index (χ1n) is 6.42. The maximum absolute atomic E-state index is 5.65. The molecule has 3 rings (SSSR count). The molecule has 0 bridgehead atoms. The van der Waals surface area contributed by atoms with Gasteiger partial charge in [0, 0.05) is 29.3 Å². The van der Waals surface area contributed by atoms with Crippen molar-refractivity contribution in [3.05, 3.63) is 41.8 Å². The van der Waals surface area contributed by atoms with Crippen LogP contribution < -0.4 is 5.32 Å². The van der Waals surface area contributed by atoms with E-state index >= 15 is 0 Å². The number of anilines is 1. The maximum Gasteiger partial charge on any atom is 0.0748 e. The molecule has 1 N–H and O–H groups in total. The summed E-state index contributed by atoms with van der Waals surface area (Å²) in [4.78, 5) is 1.31. The maximum atomic E-state index is 5.65. The number of nitrogens with one attached hydrogen (secondary N) is 1. The second-order valence-corrected chi connectivity index (χ2v) is 5.49. The van der Waals surface area contributed by atoms with Gasteiger partial charge in [-0.15, -0.1) is 11.3 Å². The van der Waals surface area contributed by atoms with Gasteiger partial charge in [-0.1, -0.05) is 24.3 Å². The minimum atomic E-state index is 0.376. The predicted molar refractivity (Wildman–Crippen MR) is 77.2 cm³/mol. The molecule has 0 saturated carbocycles. The number of hydrogen-bond acceptors (Lipinski definition) is 3. The van der Waals surface area contributed by atoms with E-state index in [1.54, 1.807) is 11.3 Å². The number of para-hydroxylation sites is 1. The second kappa shape index (κ2) is 5.55. The van der Waals surface area contributed by atoms with Crippen molar-refractivity contribution in [1.82, 2.24) is 0 Å². The lowest BCUT2D eigenvalue weighted by atomic mass is 10.1. The third-order valence-corrected chi connectivity index (χ3v) is 4.16. The van der Waals surface area contributed by atoms with E-state index in [2.05, 4.69) is 47.1 Å². The fourth-order valence-corrected chi connectivity index (χ4v) is 3.08. The Labute approximate surface area is 112 Å². The van der Waals surface area contributed by atoms with Crippen molar-refractivity contribution in [2.75, 3.05) is 18.5 Å². The first kappa shape index (κ1) is 11.8. The zero-order chi connectivity index (χ0) is 12.2. The van der Waals surface area contributed by atoms with Crippen LogP contribution in [0.3, 0.4) is 0 Å². The van der Waals surface area contributed by atoms with Gasteiger partial charge in [0.2, 0.25) is 0 Å². The molecule has 3 heteroatoms. The molecule has 94 valence electrons. The molecule has 18 heavy (non-hydrogen) atoms. The molecule has 0 aliphatic carbocycles.